The summed E-state index contributed by atoms with van der Waals surface area (Å²) in [5.41, 5.74) is 4.12. The Bertz CT molecular complexity index is 1320. The Kier molecular flexibility index (Phi) is 8.16. The van der Waals surface area contributed by atoms with Gasteiger partial charge in [0, 0.05) is 27.2 Å². The van der Waals surface area contributed by atoms with Gasteiger partial charge >= 0.3 is 5.97 Å². The third-order valence-electron chi connectivity index (χ3n) is 6.63. The predicted octanol–water partition coefficient (Wildman–Crippen LogP) is 6.31. The molecule has 3 aromatic heterocycles. The van der Waals surface area contributed by atoms with Gasteiger partial charge in [-0.15, -0.1) is 39.4 Å². The zero-order chi connectivity index (χ0) is 25.9. The fourth-order valence-electron chi connectivity index (χ4n) is 5.01. The highest BCUT2D eigenvalue weighted by Gasteiger charge is 2.28. The van der Waals surface area contributed by atoms with E-state index in [4.69, 9.17) is 4.74 Å². The second-order valence-electron chi connectivity index (χ2n) is 9.67. The minimum Gasteiger partial charge on any atom is -0.459 e. The second-order valence-corrected chi connectivity index (χ2v) is 12.7. The van der Waals surface area contributed by atoms with Gasteiger partial charge in [0.25, 0.3) is 0 Å². The van der Waals surface area contributed by atoms with Crippen molar-refractivity contribution < 1.29 is 14.3 Å². The number of nitrogens with one attached hydrogen (secondary N) is 1. The van der Waals surface area contributed by atoms with Crippen LogP contribution in [0.2, 0.25) is 0 Å². The van der Waals surface area contributed by atoms with Gasteiger partial charge in [-0.3, -0.25) is 9.36 Å². The van der Waals surface area contributed by atoms with E-state index in [9.17, 15) is 9.59 Å². The summed E-state index contributed by atoms with van der Waals surface area (Å²) in [5, 5.41) is 15.4. The van der Waals surface area contributed by atoms with Crippen molar-refractivity contribution in [2.45, 2.75) is 83.0 Å². The molecule has 0 saturated heterocycles. The van der Waals surface area contributed by atoms with E-state index in [0.717, 1.165) is 55.5 Å². The average molecular weight is 557 g/mol. The summed E-state index contributed by atoms with van der Waals surface area (Å²) in [6.45, 7) is 8.16. The third kappa shape index (κ3) is 5.56. The first kappa shape index (κ1) is 26.2. The second kappa shape index (κ2) is 11.5. The van der Waals surface area contributed by atoms with Crippen molar-refractivity contribution in [1.29, 1.82) is 0 Å². The lowest BCUT2D eigenvalue weighted by Crippen LogP contribution is -2.19. The van der Waals surface area contributed by atoms with Gasteiger partial charge in [-0.2, -0.15) is 0 Å². The molecule has 0 aromatic carbocycles. The number of rotatable bonds is 9. The van der Waals surface area contributed by atoms with E-state index in [-0.39, 0.29) is 23.7 Å². The molecule has 3 heterocycles. The number of amides is 1. The normalized spacial score (nSPS) is 14.8. The van der Waals surface area contributed by atoms with Crippen molar-refractivity contribution in [1.82, 2.24) is 14.8 Å². The molecule has 10 heteroatoms. The van der Waals surface area contributed by atoms with Gasteiger partial charge in [0.2, 0.25) is 5.91 Å². The van der Waals surface area contributed by atoms with Crippen molar-refractivity contribution in [2.24, 2.45) is 0 Å². The lowest BCUT2D eigenvalue weighted by molar-refractivity contribution is -0.113. The minimum absolute atomic E-state index is 0.165. The maximum Gasteiger partial charge on any atom is 0.341 e. The molecule has 2 aliphatic rings. The quantitative estimate of drug-likeness (QED) is 0.189. The first-order valence-corrected chi connectivity index (χ1v) is 15.6. The number of hydrogen-bond donors (Lipinski definition) is 1. The molecule has 0 unspecified atom stereocenters. The van der Waals surface area contributed by atoms with Crippen LogP contribution in [0.5, 0.6) is 0 Å². The zero-order valence-corrected chi connectivity index (χ0v) is 23.8. The lowest BCUT2D eigenvalue weighted by Gasteiger charge is -2.14. The Hall–Kier alpha value is -2.43. The van der Waals surface area contributed by atoms with E-state index < -0.39 is 0 Å². The number of aromatic nitrogens is 3. The number of thiophene rings is 2. The van der Waals surface area contributed by atoms with E-state index in [1.165, 1.54) is 51.3 Å². The van der Waals surface area contributed by atoms with Gasteiger partial charge in [0.05, 0.1) is 17.4 Å². The van der Waals surface area contributed by atoms with Crippen LogP contribution in [0.1, 0.15) is 70.8 Å². The summed E-state index contributed by atoms with van der Waals surface area (Å²) in [5.74, 6) is 0.474. The standard InChI is InChI=1S/C27H32N4O3S3/c1-4-13-31-24(19-14-35-20-11-7-5-9-17(19)20)29-30-27(31)36-15-22(32)28-25-23(26(33)34-16(2)3)18-10-6-8-12-21(18)37-25/h4,14,16H,1,5-13,15H2,2-3H3,(H,28,32). The number of carbonyl (C=O) groups is 2. The Morgan fingerprint density at radius 3 is 2.62 bits per heavy atom. The molecule has 3 aromatic rings. The lowest BCUT2D eigenvalue weighted by atomic mass is 9.95. The van der Waals surface area contributed by atoms with E-state index in [1.807, 2.05) is 24.5 Å². The number of nitrogens with zero attached hydrogens (tertiary/aromatic N) is 3. The van der Waals surface area contributed by atoms with Crippen LogP contribution < -0.4 is 5.32 Å². The van der Waals surface area contributed by atoms with E-state index in [0.29, 0.717) is 22.3 Å². The molecule has 196 valence electrons. The fourth-order valence-corrected chi connectivity index (χ4v) is 8.17. The summed E-state index contributed by atoms with van der Waals surface area (Å²) in [6, 6.07) is 0. The van der Waals surface area contributed by atoms with Crippen LogP contribution in [0.15, 0.2) is 23.2 Å². The first-order valence-electron chi connectivity index (χ1n) is 12.9. The van der Waals surface area contributed by atoms with Crippen LogP contribution in [0.25, 0.3) is 11.4 Å². The van der Waals surface area contributed by atoms with Gasteiger partial charge in [0.15, 0.2) is 11.0 Å². The maximum atomic E-state index is 13.0. The molecule has 0 atom stereocenters. The average Bonchev–Trinajstić information content (AvgIpc) is 3.57. The number of aryl methyl sites for hydroxylation is 2. The summed E-state index contributed by atoms with van der Waals surface area (Å²) < 4.78 is 7.55. The van der Waals surface area contributed by atoms with Crippen LogP contribution >= 0.6 is 34.4 Å². The molecule has 7 nitrogen and oxygen atoms in total. The topological polar surface area (TPSA) is 86.1 Å². The number of ether oxygens (including phenoxy) is 1. The highest BCUT2D eigenvalue weighted by atomic mass is 32.2. The third-order valence-corrected chi connectivity index (χ3v) is 9.90. The smallest absolute Gasteiger partial charge is 0.341 e. The van der Waals surface area contributed by atoms with Gasteiger partial charge in [0.1, 0.15) is 5.00 Å². The number of carbonyl (C=O) groups excluding carboxylic acids is 2. The number of fused-ring (bicyclic) bond motifs is 2. The highest BCUT2D eigenvalue weighted by Crippen LogP contribution is 2.39. The van der Waals surface area contributed by atoms with Crippen molar-refractivity contribution in [3.63, 3.8) is 0 Å². The predicted molar refractivity (Wildman–Crippen MR) is 151 cm³/mol. The molecule has 0 aliphatic heterocycles. The number of allylic oxidation sites excluding steroid dienone is 1. The van der Waals surface area contributed by atoms with Crippen LogP contribution in [0.4, 0.5) is 5.00 Å². The Balaban J connectivity index is 1.33. The zero-order valence-electron chi connectivity index (χ0n) is 21.3. The maximum absolute atomic E-state index is 13.0. The van der Waals surface area contributed by atoms with Crippen LogP contribution in [0.3, 0.4) is 0 Å². The summed E-state index contributed by atoms with van der Waals surface area (Å²) >= 11 is 4.66. The van der Waals surface area contributed by atoms with Crippen LogP contribution in [-0.2, 0) is 41.8 Å². The van der Waals surface area contributed by atoms with Crippen molar-refractivity contribution in [2.75, 3.05) is 11.1 Å². The van der Waals surface area contributed by atoms with Gasteiger partial charge in [-0.1, -0.05) is 17.8 Å². The van der Waals surface area contributed by atoms with Crippen molar-refractivity contribution in [3.8, 4) is 11.4 Å². The summed E-state index contributed by atoms with van der Waals surface area (Å²) in [4.78, 5) is 28.6. The van der Waals surface area contributed by atoms with Crippen LogP contribution in [-0.4, -0.2) is 38.5 Å². The molecule has 37 heavy (non-hydrogen) atoms. The Morgan fingerprint density at radius 1 is 1.14 bits per heavy atom. The molecule has 1 amide bonds. The molecule has 1 N–H and O–H groups in total. The molecule has 0 spiro atoms. The van der Waals surface area contributed by atoms with Gasteiger partial charge in [-0.25, -0.2) is 4.79 Å². The SMILES string of the molecule is C=CCn1c(SCC(=O)Nc2sc3c(c2C(=O)OC(C)C)CCCC3)nnc1-c1csc2c1CCCC2. The molecule has 2 aliphatic carbocycles. The molecule has 0 radical (unpaired) electrons. The van der Waals surface area contributed by atoms with Crippen molar-refractivity contribution >= 4 is 51.3 Å². The highest BCUT2D eigenvalue weighted by molar-refractivity contribution is 7.99. The molecule has 0 fully saturated rings. The summed E-state index contributed by atoms with van der Waals surface area (Å²) in [7, 11) is 0. The summed E-state index contributed by atoms with van der Waals surface area (Å²) in [6.07, 6.45) is 10.2. The fraction of sp³-hybridized carbons (Fsp3) is 0.481. The molecule has 0 bridgehead atoms. The number of anilines is 1. The number of thioether (sulfide) groups is 1. The largest absolute Gasteiger partial charge is 0.459 e. The Morgan fingerprint density at radius 2 is 1.86 bits per heavy atom. The van der Waals surface area contributed by atoms with E-state index in [1.54, 1.807) is 11.3 Å². The van der Waals surface area contributed by atoms with Gasteiger partial charge < -0.3 is 10.1 Å². The molecule has 5 rings (SSSR count). The first-order chi connectivity index (χ1) is 18.0. The van der Waals surface area contributed by atoms with Gasteiger partial charge in [-0.05, 0) is 76.3 Å². The Labute approximate surface area is 229 Å². The molecular weight excluding hydrogens is 525 g/mol. The number of hydrogen-bond acceptors (Lipinski definition) is 8. The minimum atomic E-state index is -0.355. The molecular formula is C27H32N4O3S3. The van der Waals surface area contributed by atoms with E-state index in [2.05, 4.69) is 27.5 Å². The van der Waals surface area contributed by atoms with Crippen LogP contribution in [0, 0.1) is 0 Å². The number of esters is 1. The molecule has 0 saturated carbocycles. The monoisotopic (exact) mass is 556 g/mol. The van der Waals surface area contributed by atoms with E-state index >= 15 is 0 Å². The van der Waals surface area contributed by atoms with Crippen molar-refractivity contribution in [3.05, 3.63) is 44.5 Å².